The number of nitrogens with two attached hydrogens (primary N) is 1. The van der Waals surface area contributed by atoms with Crippen LogP contribution in [0.1, 0.15) is 31.1 Å². The predicted octanol–water partition coefficient (Wildman–Crippen LogP) is 1.19. The minimum Gasteiger partial charge on any atom is -0.324 e. The van der Waals surface area contributed by atoms with Crippen LogP contribution in [0.4, 0.5) is 0 Å². The third-order valence-corrected chi connectivity index (χ3v) is 3.25. The van der Waals surface area contributed by atoms with E-state index in [1.807, 2.05) is 0 Å². The van der Waals surface area contributed by atoms with E-state index in [1.54, 1.807) is 11.8 Å². The van der Waals surface area contributed by atoms with Crippen LogP contribution in [0.25, 0.3) is 0 Å². The van der Waals surface area contributed by atoms with E-state index in [2.05, 4.69) is 20.7 Å². The molecule has 0 atom stereocenters. The molecule has 1 heterocycles. The van der Waals surface area contributed by atoms with Crippen molar-refractivity contribution in [1.82, 2.24) is 14.8 Å². The molecule has 1 aliphatic rings. The van der Waals surface area contributed by atoms with Gasteiger partial charge in [-0.1, -0.05) is 11.8 Å². The van der Waals surface area contributed by atoms with Gasteiger partial charge in [0.1, 0.15) is 5.82 Å². The molecule has 1 aliphatic carbocycles. The van der Waals surface area contributed by atoms with Crippen LogP contribution in [0.5, 0.6) is 0 Å². The zero-order valence-corrected chi connectivity index (χ0v) is 9.33. The molecule has 1 aromatic heterocycles. The van der Waals surface area contributed by atoms with Crippen molar-refractivity contribution in [3.63, 3.8) is 0 Å². The summed E-state index contributed by atoms with van der Waals surface area (Å²) in [6.45, 7) is 0.458. The molecule has 0 saturated heterocycles. The summed E-state index contributed by atoms with van der Waals surface area (Å²) >= 11 is 1.67. The highest BCUT2D eigenvalue weighted by Gasteiger charge is 2.28. The molecular formula is C10H14N4S. The molecule has 0 aliphatic heterocycles. The Kier molecular flexibility index (Phi) is 3.29. The molecule has 0 amide bonds. The van der Waals surface area contributed by atoms with Gasteiger partial charge in [-0.25, -0.2) is 0 Å². The summed E-state index contributed by atoms with van der Waals surface area (Å²) in [6, 6.07) is 0.576. The minimum absolute atomic E-state index is 0.458. The van der Waals surface area contributed by atoms with Gasteiger partial charge in [0, 0.05) is 18.2 Å². The Bertz CT molecular complexity index is 375. The first-order valence-corrected chi connectivity index (χ1v) is 6.05. The zero-order chi connectivity index (χ0) is 10.7. The Labute approximate surface area is 93.6 Å². The van der Waals surface area contributed by atoms with E-state index < -0.39 is 0 Å². The predicted molar refractivity (Wildman–Crippen MR) is 60.4 cm³/mol. The SMILES string of the molecule is C#CCCSc1nnc(CN)n1C1CC1. The largest absolute Gasteiger partial charge is 0.324 e. The third-order valence-electron chi connectivity index (χ3n) is 2.31. The molecular weight excluding hydrogens is 208 g/mol. The van der Waals surface area contributed by atoms with Crippen molar-refractivity contribution in [2.45, 2.75) is 37.0 Å². The van der Waals surface area contributed by atoms with Gasteiger partial charge in [-0.15, -0.1) is 22.5 Å². The maximum Gasteiger partial charge on any atom is 0.191 e. The molecule has 0 aromatic carbocycles. The lowest BCUT2D eigenvalue weighted by atomic mass is 10.5. The Morgan fingerprint density at radius 2 is 2.33 bits per heavy atom. The maximum absolute atomic E-state index is 5.62. The fourth-order valence-electron chi connectivity index (χ4n) is 1.45. The molecule has 4 nitrogen and oxygen atoms in total. The summed E-state index contributed by atoms with van der Waals surface area (Å²) < 4.78 is 2.17. The van der Waals surface area contributed by atoms with Gasteiger partial charge in [-0.3, -0.25) is 0 Å². The van der Waals surface area contributed by atoms with Crippen molar-refractivity contribution < 1.29 is 0 Å². The molecule has 80 valence electrons. The van der Waals surface area contributed by atoms with Crippen LogP contribution in [-0.4, -0.2) is 20.5 Å². The Morgan fingerprint density at radius 1 is 1.53 bits per heavy atom. The normalized spacial score (nSPS) is 15.2. The van der Waals surface area contributed by atoms with E-state index in [9.17, 15) is 0 Å². The highest BCUT2D eigenvalue weighted by molar-refractivity contribution is 7.99. The van der Waals surface area contributed by atoms with E-state index in [0.717, 1.165) is 23.2 Å². The first-order valence-electron chi connectivity index (χ1n) is 5.07. The highest BCUT2D eigenvalue weighted by Crippen LogP contribution is 2.38. The van der Waals surface area contributed by atoms with Crippen molar-refractivity contribution in [2.75, 3.05) is 5.75 Å². The van der Waals surface area contributed by atoms with Crippen LogP contribution >= 0.6 is 11.8 Å². The lowest BCUT2D eigenvalue weighted by Crippen LogP contribution is -2.08. The van der Waals surface area contributed by atoms with E-state index in [-0.39, 0.29) is 0 Å². The topological polar surface area (TPSA) is 56.7 Å². The van der Waals surface area contributed by atoms with E-state index >= 15 is 0 Å². The molecule has 2 N–H and O–H groups in total. The fourth-order valence-corrected chi connectivity index (χ4v) is 2.34. The molecule has 0 bridgehead atoms. The summed E-state index contributed by atoms with van der Waals surface area (Å²) in [5.74, 6) is 4.40. The van der Waals surface area contributed by atoms with Gasteiger partial charge in [-0.2, -0.15) is 0 Å². The van der Waals surface area contributed by atoms with Crippen molar-refractivity contribution in [2.24, 2.45) is 5.73 Å². The van der Waals surface area contributed by atoms with Gasteiger partial charge in [0.05, 0.1) is 6.54 Å². The fraction of sp³-hybridized carbons (Fsp3) is 0.600. The molecule has 2 rings (SSSR count). The Morgan fingerprint density at radius 3 is 2.93 bits per heavy atom. The lowest BCUT2D eigenvalue weighted by Gasteiger charge is -2.06. The van der Waals surface area contributed by atoms with Gasteiger partial charge in [0.25, 0.3) is 0 Å². The molecule has 0 unspecified atom stereocenters. The molecule has 15 heavy (non-hydrogen) atoms. The van der Waals surface area contributed by atoms with Crippen molar-refractivity contribution in [3.8, 4) is 12.3 Å². The van der Waals surface area contributed by atoms with E-state index in [4.69, 9.17) is 12.2 Å². The van der Waals surface area contributed by atoms with Gasteiger partial charge in [-0.05, 0) is 12.8 Å². The highest BCUT2D eigenvalue weighted by atomic mass is 32.2. The van der Waals surface area contributed by atoms with Crippen LogP contribution in [0, 0.1) is 12.3 Å². The summed E-state index contributed by atoms with van der Waals surface area (Å²) in [6.07, 6.45) is 8.40. The van der Waals surface area contributed by atoms with Crippen molar-refractivity contribution in [3.05, 3.63) is 5.82 Å². The molecule has 5 heteroatoms. The zero-order valence-electron chi connectivity index (χ0n) is 8.52. The molecule has 0 radical (unpaired) electrons. The second kappa shape index (κ2) is 4.69. The monoisotopic (exact) mass is 222 g/mol. The summed E-state index contributed by atoms with van der Waals surface area (Å²) in [4.78, 5) is 0. The van der Waals surface area contributed by atoms with Crippen molar-refractivity contribution >= 4 is 11.8 Å². The summed E-state index contributed by atoms with van der Waals surface area (Å²) in [5, 5.41) is 9.20. The first kappa shape index (κ1) is 10.5. The first-order chi connectivity index (χ1) is 7.36. The minimum atomic E-state index is 0.458. The quantitative estimate of drug-likeness (QED) is 0.462. The standard InChI is InChI=1S/C10H14N4S/c1-2-3-6-15-10-13-12-9(7-11)14(10)8-4-5-8/h1,8H,3-7,11H2. The van der Waals surface area contributed by atoms with Crippen LogP contribution in [0.3, 0.4) is 0 Å². The number of nitrogens with zero attached hydrogens (tertiary/aromatic N) is 3. The molecule has 0 spiro atoms. The molecule has 1 saturated carbocycles. The van der Waals surface area contributed by atoms with Crippen LogP contribution in [0.15, 0.2) is 5.16 Å². The second-order valence-corrected chi connectivity index (χ2v) is 4.57. The van der Waals surface area contributed by atoms with Crippen LogP contribution < -0.4 is 5.73 Å². The van der Waals surface area contributed by atoms with Crippen molar-refractivity contribution in [1.29, 1.82) is 0 Å². The van der Waals surface area contributed by atoms with E-state index in [1.165, 1.54) is 12.8 Å². The van der Waals surface area contributed by atoms with Crippen LogP contribution in [-0.2, 0) is 6.54 Å². The smallest absolute Gasteiger partial charge is 0.191 e. The summed E-state index contributed by atoms with van der Waals surface area (Å²) in [7, 11) is 0. The van der Waals surface area contributed by atoms with Crippen LogP contribution in [0.2, 0.25) is 0 Å². The van der Waals surface area contributed by atoms with Gasteiger partial charge in [0.2, 0.25) is 0 Å². The number of rotatable bonds is 5. The Balaban J connectivity index is 2.09. The second-order valence-electron chi connectivity index (χ2n) is 3.51. The molecule has 1 fully saturated rings. The third kappa shape index (κ3) is 2.33. The number of hydrogen-bond acceptors (Lipinski definition) is 4. The number of terminal acetylenes is 1. The van der Waals surface area contributed by atoms with E-state index in [0.29, 0.717) is 12.6 Å². The van der Waals surface area contributed by atoms with Gasteiger partial charge >= 0.3 is 0 Å². The molecule has 1 aromatic rings. The summed E-state index contributed by atoms with van der Waals surface area (Å²) in [5.41, 5.74) is 5.62. The average molecular weight is 222 g/mol. The lowest BCUT2D eigenvalue weighted by molar-refractivity contribution is 0.626. The van der Waals surface area contributed by atoms with Gasteiger partial charge in [0.15, 0.2) is 5.16 Å². The Hall–Kier alpha value is -0.990. The number of hydrogen-bond donors (Lipinski definition) is 1. The number of thioether (sulfide) groups is 1. The average Bonchev–Trinajstić information content (AvgIpc) is 3.00. The van der Waals surface area contributed by atoms with Gasteiger partial charge < -0.3 is 10.3 Å². The maximum atomic E-state index is 5.62. The number of aromatic nitrogens is 3.